The molecule has 0 atom stereocenters. The topological polar surface area (TPSA) is 15.3 Å². The van der Waals surface area contributed by atoms with Gasteiger partial charge in [0.15, 0.2) is 0 Å². The van der Waals surface area contributed by atoms with Crippen molar-refractivity contribution in [3.63, 3.8) is 0 Å². The molecule has 2 fully saturated rings. The fraction of sp³-hybridized carbons (Fsp3) is 0.625. The summed E-state index contributed by atoms with van der Waals surface area (Å²) in [6.07, 6.45) is 5.79. The first kappa shape index (κ1) is 12.0. The number of nitrogens with one attached hydrogen (secondary N) is 1. The quantitative estimate of drug-likeness (QED) is 0.792. The van der Waals surface area contributed by atoms with Crippen molar-refractivity contribution in [2.45, 2.75) is 38.6 Å². The minimum atomic E-state index is 0.907. The van der Waals surface area contributed by atoms with Crippen molar-refractivity contribution < 1.29 is 0 Å². The standard InChI is InChI=1S/C16H24N2/c1-13-4-2-3-5-16(13)17-10-11-18(15-8-9-15)12-14-6-7-14/h2-5,14-15,17H,6-12H2,1H3. The first-order chi connectivity index (χ1) is 8.83. The Labute approximate surface area is 110 Å². The van der Waals surface area contributed by atoms with Crippen LogP contribution in [0.2, 0.25) is 0 Å². The van der Waals surface area contributed by atoms with Gasteiger partial charge in [-0.2, -0.15) is 0 Å². The van der Waals surface area contributed by atoms with Crippen LogP contribution in [0, 0.1) is 12.8 Å². The molecule has 0 heterocycles. The number of rotatable bonds is 7. The minimum absolute atomic E-state index is 0.907. The van der Waals surface area contributed by atoms with E-state index in [1.54, 1.807) is 0 Å². The first-order valence-electron chi connectivity index (χ1n) is 7.36. The molecule has 1 aromatic rings. The molecule has 98 valence electrons. The van der Waals surface area contributed by atoms with Gasteiger partial charge in [0.2, 0.25) is 0 Å². The summed E-state index contributed by atoms with van der Waals surface area (Å²) >= 11 is 0. The number of aryl methyl sites for hydroxylation is 1. The zero-order valence-electron chi connectivity index (χ0n) is 11.4. The van der Waals surface area contributed by atoms with Crippen LogP contribution in [-0.4, -0.2) is 30.6 Å². The summed E-state index contributed by atoms with van der Waals surface area (Å²) in [7, 11) is 0. The summed E-state index contributed by atoms with van der Waals surface area (Å²) in [6.45, 7) is 5.80. The summed E-state index contributed by atoms with van der Waals surface area (Å²) in [6, 6.07) is 9.47. The molecule has 0 unspecified atom stereocenters. The fourth-order valence-electron chi connectivity index (χ4n) is 2.60. The Hall–Kier alpha value is -1.02. The minimum Gasteiger partial charge on any atom is -0.384 e. The van der Waals surface area contributed by atoms with E-state index in [0.29, 0.717) is 0 Å². The maximum absolute atomic E-state index is 3.58. The summed E-state index contributed by atoms with van der Waals surface area (Å²) in [5.41, 5.74) is 2.64. The Kier molecular flexibility index (Phi) is 3.55. The number of hydrogen-bond donors (Lipinski definition) is 1. The van der Waals surface area contributed by atoms with Crippen LogP contribution in [0.15, 0.2) is 24.3 Å². The lowest BCUT2D eigenvalue weighted by atomic mass is 10.2. The third-order valence-corrected chi connectivity index (χ3v) is 4.11. The summed E-state index contributed by atoms with van der Waals surface area (Å²) in [5, 5.41) is 3.58. The maximum Gasteiger partial charge on any atom is 0.0370 e. The molecule has 18 heavy (non-hydrogen) atoms. The van der Waals surface area contributed by atoms with Crippen molar-refractivity contribution in [3.05, 3.63) is 29.8 Å². The van der Waals surface area contributed by atoms with E-state index in [4.69, 9.17) is 0 Å². The molecular weight excluding hydrogens is 220 g/mol. The molecule has 2 aliphatic carbocycles. The van der Waals surface area contributed by atoms with Crippen molar-refractivity contribution >= 4 is 5.69 Å². The van der Waals surface area contributed by atoms with E-state index >= 15 is 0 Å². The van der Waals surface area contributed by atoms with Crippen LogP contribution in [-0.2, 0) is 0 Å². The van der Waals surface area contributed by atoms with E-state index in [1.807, 2.05) is 0 Å². The highest BCUT2D eigenvalue weighted by Gasteiger charge is 2.33. The molecule has 2 nitrogen and oxygen atoms in total. The second kappa shape index (κ2) is 5.31. The van der Waals surface area contributed by atoms with Crippen LogP contribution in [0.4, 0.5) is 5.69 Å². The Morgan fingerprint density at radius 1 is 1.17 bits per heavy atom. The van der Waals surface area contributed by atoms with Crippen molar-refractivity contribution in [2.24, 2.45) is 5.92 Å². The highest BCUT2D eigenvalue weighted by Crippen LogP contribution is 2.34. The molecule has 2 aliphatic rings. The van der Waals surface area contributed by atoms with Crippen molar-refractivity contribution in [3.8, 4) is 0 Å². The first-order valence-corrected chi connectivity index (χ1v) is 7.36. The maximum atomic E-state index is 3.58. The second-order valence-electron chi connectivity index (χ2n) is 5.91. The lowest BCUT2D eigenvalue weighted by molar-refractivity contribution is 0.262. The molecule has 0 aromatic heterocycles. The lowest BCUT2D eigenvalue weighted by Crippen LogP contribution is -2.33. The third-order valence-electron chi connectivity index (χ3n) is 4.11. The average molecular weight is 244 g/mol. The van der Waals surface area contributed by atoms with E-state index < -0.39 is 0 Å². The molecule has 0 bridgehead atoms. The van der Waals surface area contributed by atoms with Crippen LogP contribution in [0.1, 0.15) is 31.2 Å². The van der Waals surface area contributed by atoms with Gasteiger partial charge in [-0.3, -0.25) is 4.90 Å². The normalized spacial score (nSPS) is 19.2. The van der Waals surface area contributed by atoms with Crippen molar-refractivity contribution in [1.29, 1.82) is 0 Å². The van der Waals surface area contributed by atoms with Gasteiger partial charge >= 0.3 is 0 Å². The number of hydrogen-bond acceptors (Lipinski definition) is 2. The van der Waals surface area contributed by atoms with Crippen LogP contribution >= 0.6 is 0 Å². The molecule has 3 rings (SSSR count). The Morgan fingerprint density at radius 3 is 2.61 bits per heavy atom. The largest absolute Gasteiger partial charge is 0.384 e. The number of nitrogens with zero attached hydrogens (tertiary/aromatic N) is 1. The second-order valence-corrected chi connectivity index (χ2v) is 5.91. The predicted molar refractivity (Wildman–Crippen MR) is 77.0 cm³/mol. The molecule has 0 amide bonds. The molecule has 2 heteroatoms. The molecule has 1 N–H and O–H groups in total. The molecule has 0 spiro atoms. The van der Waals surface area contributed by atoms with E-state index in [9.17, 15) is 0 Å². The molecule has 0 saturated heterocycles. The predicted octanol–water partition coefficient (Wildman–Crippen LogP) is 3.28. The fourth-order valence-corrected chi connectivity index (χ4v) is 2.60. The molecule has 0 radical (unpaired) electrons. The van der Waals surface area contributed by atoms with Gasteiger partial charge in [0.25, 0.3) is 0 Å². The lowest BCUT2D eigenvalue weighted by Gasteiger charge is -2.22. The average Bonchev–Trinajstić information content (AvgIpc) is 3.24. The highest BCUT2D eigenvalue weighted by atomic mass is 15.2. The number of benzene rings is 1. The van der Waals surface area contributed by atoms with E-state index in [0.717, 1.165) is 18.5 Å². The Bertz CT molecular complexity index is 394. The third kappa shape index (κ3) is 3.26. The molecular formula is C16H24N2. The SMILES string of the molecule is Cc1ccccc1NCCN(CC1CC1)C1CC1. The Morgan fingerprint density at radius 2 is 1.94 bits per heavy atom. The summed E-state index contributed by atoms with van der Waals surface area (Å²) < 4.78 is 0. The van der Waals surface area contributed by atoms with E-state index in [-0.39, 0.29) is 0 Å². The van der Waals surface area contributed by atoms with Gasteiger partial charge < -0.3 is 5.32 Å². The van der Waals surface area contributed by atoms with Crippen LogP contribution in [0.5, 0.6) is 0 Å². The van der Waals surface area contributed by atoms with Gasteiger partial charge in [-0.05, 0) is 50.2 Å². The van der Waals surface area contributed by atoms with Gasteiger partial charge in [0.05, 0.1) is 0 Å². The van der Waals surface area contributed by atoms with Gasteiger partial charge in [-0.1, -0.05) is 18.2 Å². The Balaban J connectivity index is 1.46. The van der Waals surface area contributed by atoms with Crippen LogP contribution in [0.25, 0.3) is 0 Å². The number of para-hydroxylation sites is 1. The van der Waals surface area contributed by atoms with Crippen molar-refractivity contribution in [2.75, 3.05) is 25.0 Å². The van der Waals surface area contributed by atoms with Crippen LogP contribution in [0.3, 0.4) is 0 Å². The molecule has 1 aromatic carbocycles. The van der Waals surface area contributed by atoms with Crippen LogP contribution < -0.4 is 5.32 Å². The highest BCUT2D eigenvalue weighted by molar-refractivity contribution is 5.50. The van der Waals surface area contributed by atoms with Gasteiger partial charge in [0, 0.05) is 31.4 Å². The molecule has 0 aliphatic heterocycles. The molecule has 2 saturated carbocycles. The number of anilines is 1. The van der Waals surface area contributed by atoms with E-state index in [2.05, 4.69) is 41.4 Å². The zero-order chi connectivity index (χ0) is 12.4. The monoisotopic (exact) mass is 244 g/mol. The van der Waals surface area contributed by atoms with Gasteiger partial charge in [-0.15, -0.1) is 0 Å². The van der Waals surface area contributed by atoms with Gasteiger partial charge in [-0.25, -0.2) is 0 Å². The van der Waals surface area contributed by atoms with Gasteiger partial charge in [0.1, 0.15) is 0 Å². The zero-order valence-corrected chi connectivity index (χ0v) is 11.4. The summed E-state index contributed by atoms with van der Waals surface area (Å²) in [4.78, 5) is 2.71. The van der Waals surface area contributed by atoms with E-state index in [1.165, 1.54) is 50.0 Å². The van der Waals surface area contributed by atoms with Crippen molar-refractivity contribution in [1.82, 2.24) is 4.90 Å². The summed E-state index contributed by atoms with van der Waals surface area (Å²) in [5.74, 6) is 1.02. The smallest absolute Gasteiger partial charge is 0.0370 e.